The van der Waals surface area contributed by atoms with Gasteiger partial charge in [-0.25, -0.2) is 0 Å². The van der Waals surface area contributed by atoms with Gasteiger partial charge >= 0.3 is 0 Å². The molecule has 1 unspecified atom stereocenters. The van der Waals surface area contributed by atoms with Crippen LogP contribution in [0.5, 0.6) is 0 Å². The van der Waals surface area contributed by atoms with Gasteiger partial charge in [-0.05, 0) is 18.4 Å². The number of likely N-dealkylation sites (N-methyl/N-ethyl adjacent to an activating group) is 1. The van der Waals surface area contributed by atoms with E-state index in [4.69, 9.17) is 18.0 Å². The van der Waals surface area contributed by atoms with Gasteiger partial charge in [0.25, 0.3) is 0 Å². The Morgan fingerprint density at radius 1 is 1.30 bits per heavy atom. The number of hydrogen-bond acceptors (Lipinski definition) is 2. The highest BCUT2D eigenvalue weighted by molar-refractivity contribution is 7.80. The number of carbonyl (C=O) groups is 1. The SMILES string of the molecule is CCC(C)CN(CC)C(=O)Cc1ccc(C(N)=S)cc1. The van der Waals surface area contributed by atoms with Crippen LogP contribution in [0.3, 0.4) is 0 Å². The first-order chi connectivity index (χ1) is 9.47. The molecule has 0 fully saturated rings. The van der Waals surface area contributed by atoms with Gasteiger partial charge in [-0.15, -0.1) is 0 Å². The lowest BCUT2D eigenvalue weighted by Crippen LogP contribution is -2.35. The van der Waals surface area contributed by atoms with Crippen LogP contribution in [0.4, 0.5) is 0 Å². The van der Waals surface area contributed by atoms with E-state index in [1.165, 1.54) is 0 Å². The number of nitrogens with zero attached hydrogens (tertiary/aromatic N) is 1. The zero-order valence-electron chi connectivity index (χ0n) is 12.6. The fourth-order valence-corrected chi connectivity index (χ4v) is 2.12. The van der Waals surface area contributed by atoms with E-state index < -0.39 is 0 Å². The van der Waals surface area contributed by atoms with E-state index in [2.05, 4.69) is 13.8 Å². The second-order valence-corrected chi connectivity index (χ2v) is 5.62. The number of thiocarbonyl (C=S) groups is 1. The molecule has 0 aliphatic heterocycles. The van der Waals surface area contributed by atoms with E-state index in [9.17, 15) is 4.79 Å². The molecule has 0 saturated heterocycles. The van der Waals surface area contributed by atoms with Gasteiger partial charge in [0, 0.05) is 18.7 Å². The summed E-state index contributed by atoms with van der Waals surface area (Å²) < 4.78 is 0. The lowest BCUT2D eigenvalue weighted by molar-refractivity contribution is -0.130. The minimum Gasteiger partial charge on any atom is -0.389 e. The van der Waals surface area contributed by atoms with Gasteiger partial charge in [0.05, 0.1) is 6.42 Å². The number of rotatable bonds is 7. The summed E-state index contributed by atoms with van der Waals surface area (Å²) in [6.07, 6.45) is 1.52. The van der Waals surface area contributed by atoms with Gasteiger partial charge in [-0.3, -0.25) is 4.79 Å². The average molecular weight is 292 g/mol. The Kier molecular flexibility index (Phi) is 6.65. The van der Waals surface area contributed by atoms with Crippen LogP contribution in [0, 0.1) is 5.92 Å². The molecule has 0 bridgehead atoms. The summed E-state index contributed by atoms with van der Waals surface area (Å²) in [5, 5.41) is 0. The smallest absolute Gasteiger partial charge is 0.226 e. The number of benzene rings is 1. The minimum atomic E-state index is 0.177. The molecule has 110 valence electrons. The van der Waals surface area contributed by atoms with Crippen LogP contribution in [0.1, 0.15) is 38.3 Å². The third-order valence-corrected chi connectivity index (χ3v) is 3.79. The fraction of sp³-hybridized carbons (Fsp3) is 0.500. The molecule has 0 aromatic heterocycles. The maximum absolute atomic E-state index is 12.3. The van der Waals surface area contributed by atoms with Gasteiger partial charge in [0.2, 0.25) is 5.91 Å². The summed E-state index contributed by atoms with van der Waals surface area (Å²) in [7, 11) is 0. The van der Waals surface area contributed by atoms with Crippen LogP contribution in [-0.2, 0) is 11.2 Å². The Hall–Kier alpha value is -1.42. The molecular weight excluding hydrogens is 268 g/mol. The third-order valence-electron chi connectivity index (χ3n) is 3.56. The minimum absolute atomic E-state index is 0.177. The lowest BCUT2D eigenvalue weighted by Gasteiger charge is -2.24. The van der Waals surface area contributed by atoms with Gasteiger partial charge in [0.15, 0.2) is 0 Å². The van der Waals surface area contributed by atoms with Crippen LogP contribution < -0.4 is 5.73 Å². The van der Waals surface area contributed by atoms with Crippen molar-refractivity contribution >= 4 is 23.1 Å². The topological polar surface area (TPSA) is 46.3 Å². The van der Waals surface area contributed by atoms with E-state index >= 15 is 0 Å². The van der Waals surface area contributed by atoms with Crippen molar-refractivity contribution in [3.63, 3.8) is 0 Å². The molecule has 1 atom stereocenters. The Morgan fingerprint density at radius 3 is 2.35 bits per heavy atom. The van der Waals surface area contributed by atoms with E-state index in [0.29, 0.717) is 17.3 Å². The number of amides is 1. The largest absolute Gasteiger partial charge is 0.389 e. The molecule has 0 aliphatic carbocycles. The molecule has 0 aliphatic rings. The number of nitrogens with two attached hydrogens (primary N) is 1. The summed E-state index contributed by atoms with van der Waals surface area (Å²) in [5.41, 5.74) is 7.40. The van der Waals surface area contributed by atoms with Crippen molar-refractivity contribution in [2.45, 2.75) is 33.6 Å². The Balaban J connectivity index is 2.66. The summed E-state index contributed by atoms with van der Waals surface area (Å²) in [4.78, 5) is 14.6. The molecule has 1 amide bonds. The summed E-state index contributed by atoms with van der Waals surface area (Å²) in [6.45, 7) is 7.94. The van der Waals surface area contributed by atoms with Gasteiger partial charge < -0.3 is 10.6 Å². The molecule has 1 aromatic carbocycles. The third kappa shape index (κ3) is 4.93. The predicted octanol–water partition coefficient (Wildman–Crippen LogP) is 2.76. The van der Waals surface area contributed by atoms with Crippen molar-refractivity contribution in [2.75, 3.05) is 13.1 Å². The fourth-order valence-electron chi connectivity index (χ4n) is 1.99. The van der Waals surface area contributed by atoms with Crippen molar-refractivity contribution in [3.05, 3.63) is 35.4 Å². The predicted molar refractivity (Wildman–Crippen MR) is 87.7 cm³/mol. The van der Waals surface area contributed by atoms with Gasteiger partial charge in [-0.2, -0.15) is 0 Å². The van der Waals surface area contributed by atoms with Crippen LogP contribution in [0.15, 0.2) is 24.3 Å². The molecule has 1 aromatic rings. The van der Waals surface area contributed by atoms with E-state index in [0.717, 1.165) is 30.6 Å². The normalized spacial score (nSPS) is 11.9. The van der Waals surface area contributed by atoms with Crippen LogP contribution >= 0.6 is 12.2 Å². The number of hydrogen-bond donors (Lipinski definition) is 1. The molecule has 3 nitrogen and oxygen atoms in total. The maximum atomic E-state index is 12.3. The van der Waals surface area contributed by atoms with E-state index in [1.54, 1.807) is 0 Å². The highest BCUT2D eigenvalue weighted by Crippen LogP contribution is 2.09. The second-order valence-electron chi connectivity index (χ2n) is 5.18. The Bertz CT molecular complexity index is 456. The lowest BCUT2D eigenvalue weighted by atomic mass is 10.1. The maximum Gasteiger partial charge on any atom is 0.226 e. The first-order valence-corrected chi connectivity index (χ1v) is 7.55. The molecular formula is C16H24N2OS. The van der Waals surface area contributed by atoms with Crippen LogP contribution in [0.25, 0.3) is 0 Å². The highest BCUT2D eigenvalue weighted by atomic mass is 32.1. The van der Waals surface area contributed by atoms with Gasteiger partial charge in [0.1, 0.15) is 4.99 Å². The number of carbonyl (C=O) groups excluding carboxylic acids is 1. The second kappa shape index (κ2) is 8.00. The average Bonchev–Trinajstić information content (AvgIpc) is 2.44. The zero-order valence-corrected chi connectivity index (χ0v) is 13.4. The molecule has 2 N–H and O–H groups in total. The van der Waals surface area contributed by atoms with E-state index in [-0.39, 0.29) is 5.91 Å². The molecule has 0 saturated carbocycles. The first-order valence-electron chi connectivity index (χ1n) is 7.14. The molecule has 4 heteroatoms. The molecule has 0 heterocycles. The quantitative estimate of drug-likeness (QED) is 0.786. The van der Waals surface area contributed by atoms with Gasteiger partial charge in [-0.1, -0.05) is 56.8 Å². The summed E-state index contributed by atoms with van der Waals surface area (Å²) in [5.74, 6) is 0.715. The standard InChI is InChI=1S/C16H24N2OS/c1-4-12(3)11-18(5-2)15(19)10-13-6-8-14(9-7-13)16(17)20/h6-9,12H,4-5,10-11H2,1-3H3,(H2,17,20). The first kappa shape index (κ1) is 16.6. The molecule has 1 rings (SSSR count). The van der Waals surface area contributed by atoms with Crippen molar-refractivity contribution < 1.29 is 4.79 Å². The molecule has 0 spiro atoms. The van der Waals surface area contributed by atoms with Crippen LogP contribution in [0.2, 0.25) is 0 Å². The summed E-state index contributed by atoms with van der Waals surface area (Å²) in [6, 6.07) is 7.58. The highest BCUT2D eigenvalue weighted by Gasteiger charge is 2.14. The molecule has 0 radical (unpaired) electrons. The van der Waals surface area contributed by atoms with Crippen molar-refractivity contribution in [1.82, 2.24) is 4.90 Å². The van der Waals surface area contributed by atoms with Crippen molar-refractivity contribution in [3.8, 4) is 0 Å². The van der Waals surface area contributed by atoms with E-state index in [1.807, 2.05) is 36.1 Å². The van der Waals surface area contributed by atoms with Crippen molar-refractivity contribution in [2.24, 2.45) is 11.7 Å². The van der Waals surface area contributed by atoms with Crippen molar-refractivity contribution in [1.29, 1.82) is 0 Å². The monoisotopic (exact) mass is 292 g/mol. The zero-order chi connectivity index (χ0) is 15.1. The van der Waals surface area contributed by atoms with Crippen LogP contribution in [-0.4, -0.2) is 28.9 Å². The summed E-state index contributed by atoms with van der Waals surface area (Å²) >= 11 is 4.92. The Morgan fingerprint density at radius 2 is 1.90 bits per heavy atom. The Labute approximate surface area is 127 Å². The molecule has 20 heavy (non-hydrogen) atoms.